The third-order valence-corrected chi connectivity index (χ3v) is 6.88. The van der Waals surface area contributed by atoms with Crippen molar-refractivity contribution in [1.82, 2.24) is 25.5 Å². The van der Waals surface area contributed by atoms with E-state index in [1.165, 1.54) is 11.2 Å². The number of benzene rings is 1. The highest BCUT2D eigenvalue weighted by atomic mass is 16.4. The van der Waals surface area contributed by atoms with Gasteiger partial charge in [0.15, 0.2) is 0 Å². The largest absolute Gasteiger partial charge is 0.480 e. The van der Waals surface area contributed by atoms with E-state index in [-0.39, 0.29) is 18.8 Å². The summed E-state index contributed by atoms with van der Waals surface area (Å²) >= 11 is 0. The van der Waals surface area contributed by atoms with Crippen LogP contribution in [0.2, 0.25) is 0 Å². The van der Waals surface area contributed by atoms with Gasteiger partial charge in [-0.05, 0) is 24.3 Å². The summed E-state index contributed by atoms with van der Waals surface area (Å²) in [4.78, 5) is 59.9. The summed E-state index contributed by atoms with van der Waals surface area (Å²) < 4.78 is 0. The van der Waals surface area contributed by atoms with Crippen molar-refractivity contribution in [3.8, 4) is 0 Å². The van der Waals surface area contributed by atoms with Crippen LogP contribution >= 0.6 is 0 Å². The number of H-pyrrole nitrogens is 1. The van der Waals surface area contributed by atoms with E-state index in [9.17, 15) is 24.3 Å². The lowest BCUT2D eigenvalue weighted by molar-refractivity contribution is -0.145. The monoisotopic (exact) mass is 512 g/mol. The maximum atomic E-state index is 13.6. The molecule has 3 amide bonds. The van der Waals surface area contributed by atoms with Crippen LogP contribution in [0.25, 0.3) is 0 Å². The topological polar surface area (TPSA) is 171 Å². The molecular weight excluding hydrogens is 476 g/mol. The van der Waals surface area contributed by atoms with Crippen LogP contribution in [0.5, 0.6) is 0 Å². The second-order valence-corrected chi connectivity index (χ2v) is 9.52. The van der Waals surface area contributed by atoms with E-state index in [1.807, 2.05) is 19.9 Å². The first kappa shape index (κ1) is 27.9. The number of amides is 3. The van der Waals surface area contributed by atoms with Gasteiger partial charge in [-0.2, -0.15) is 0 Å². The fourth-order valence-electron chi connectivity index (χ4n) is 4.41. The van der Waals surface area contributed by atoms with Crippen LogP contribution < -0.4 is 16.4 Å². The zero-order valence-electron chi connectivity index (χ0n) is 21.2. The molecule has 1 fully saturated rings. The molecule has 1 aliphatic rings. The summed E-state index contributed by atoms with van der Waals surface area (Å²) in [6, 6.07) is 5.27. The molecule has 200 valence electrons. The molecule has 0 bridgehead atoms. The molecule has 0 aliphatic carbocycles. The summed E-state index contributed by atoms with van der Waals surface area (Å²) in [5, 5.41) is 15.0. The number of hydrogen-bond donors (Lipinski definition) is 5. The van der Waals surface area contributed by atoms with Gasteiger partial charge in [-0.1, -0.05) is 50.6 Å². The van der Waals surface area contributed by atoms with Crippen molar-refractivity contribution in [3.63, 3.8) is 0 Å². The molecule has 3 rings (SSSR count). The van der Waals surface area contributed by atoms with E-state index in [0.717, 1.165) is 5.56 Å². The number of rotatable bonds is 12. The molecular formula is C26H36N6O5. The lowest BCUT2D eigenvalue weighted by Crippen LogP contribution is -2.58. The van der Waals surface area contributed by atoms with E-state index in [1.54, 1.807) is 30.5 Å². The van der Waals surface area contributed by atoms with Gasteiger partial charge in [0.25, 0.3) is 0 Å². The Balaban J connectivity index is 1.74. The summed E-state index contributed by atoms with van der Waals surface area (Å²) in [7, 11) is 0. The quantitative estimate of drug-likeness (QED) is 0.277. The molecule has 6 N–H and O–H groups in total. The molecule has 0 unspecified atom stereocenters. The van der Waals surface area contributed by atoms with Gasteiger partial charge in [-0.15, -0.1) is 0 Å². The highest BCUT2D eigenvalue weighted by Crippen LogP contribution is 2.20. The average Bonchev–Trinajstić information content (AvgIpc) is 3.59. The number of imidazole rings is 1. The number of carboxylic acid groups (broad SMARTS) is 1. The number of nitrogens with two attached hydrogens (primary N) is 1. The number of nitrogens with zero attached hydrogens (tertiary/aromatic N) is 2. The maximum Gasteiger partial charge on any atom is 0.326 e. The molecule has 1 aromatic carbocycles. The Morgan fingerprint density at radius 1 is 1.16 bits per heavy atom. The van der Waals surface area contributed by atoms with Crippen molar-refractivity contribution in [2.24, 2.45) is 11.7 Å². The highest BCUT2D eigenvalue weighted by molar-refractivity contribution is 5.94. The summed E-state index contributed by atoms with van der Waals surface area (Å²) in [5.74, 6) is -2.65. The van der Waals surface area contributed by atoms with Crippen LogP contribution in [0, 0.1) is 5.92 Å². The van der Waals surface area contributed by atoms with Gasteiger partial charge in [0.05, 0.1) is 18.1 Å². The first-order chi connectivity index (χ1) is 17.7. The molecule has 0 radical (unpaired) electrons. The van der Waals surface area contributed by atoms with Crippen molar-refractivity contribution in [2.45, 2.75) is 70.1 Å². The summed E-state index contributed by atoms with van der Waals surface area (Å²) in [6.07, 6.45) is 5.03. The smallest absolute Gasteiger partial charge is 0.326 e. The van der Waals surface area contributed by atoms with Crippen LogP contribution in [0.3, 0.4) is 0 Å². The molecule has 0 spiro atoms. The molecule has 2 heterocycles. The van der Waals surface area contributed by atoms with E-state index >= 15 is 0 Å². The Bertz CT molecular complexity index is 1060. The third-order valence-electron chi connectivity index (χ3n) is 6.88. The van der Waals surface area contributed by atoms with Gasteiger partial charge in [0.2, 0.25) is 17.7 Å². The molecule has 11 heteroatoms. The minimum absolute atomic E-state index is 0.0796. The standard InChI is InChI=1S/C26H36N6O5/c1-3-16(2)22(27)24(34)30-19(13-18-14-28-15-29-18)25(35)32-11-7-10-21(32)23(33)31-20(26(36)37)12-17-8-5-4-6-9-17/h4-6,8-9,14-16,19-22H,3,7,10-13,27H2,1-2H3,(H,28,29)(H,30,34)(H,31,33)(H,36,37)/t16-,19-,20-,21-,22-/m0/s1. The van der Waals surface area contributed by atoms with E-state index in [0.29, 0.717) is 31.5 Å². The van der Waals surface area contributed by atoms with E-state index in [2.05, 4.69) is 20.6 Å². The molecule has 1 saturated heterocycles. The normalized spacial score (nSPS) is 18.5. The van der Waals surface area contributed by atoms with Gasteiger partial charge in [-0.3, -0.25) is 14.4 Å². The lowest BCUT2D eigenvalue weighted by Gasteiger charge is -2.30. The first-order valence-electron chi connectivity index (χ1n) is 12.6. The Morgan fingerprint density at radius 2 is 1.89 bits per heavy atom. The third kappa shape index (κ3) is 7.39. The summed E-state index contributed by atoms with van der Waals surface area (Å²) in [5.41, 5.74) is 7.44. The van der Waals surface area contributed by atoms with Gasteiger partial charge >= 0.3 is 5.97 Å². The number of nitrogens with one attached hydrogen (secondary N) is 3. The Labute approximate surface area is 216 Å². The number of aromatic amines is 1. The maximum absolute atomic E-state index is 13.6. The minimum Gasteiger partial charge on any atom is -0.480 e. The van der Waals surface area contributed by atoms with Gasteiger partial charge in [0.1, 0.15) is 18.1 Å². The fraction of sp³-hybridized carbons (Fsp3) is 0.500. The fourth-order valence-corrected chi connectivity index (χ4v) is 4.41. The molecule has 37 heavy (non-hydrogen) atoms. The minimum atomic E-state index is -1.16. The average molecular weight is 513 g/mol. The van der Waals surface area contributed by atoms with Crippen molar-refractivity contribution >= 4 is 23.7 Å². The van der Waals surface area contributed by atoms with E-state index in [4.69, 9.17) is 5.73 Å². The first-order valence-corrected chi connectivity index (χ1v) is 12.6. The lowest BCUT2D eigenvalue weighted by atomic mass is 9.98. The molecule has 11 nitrogen and oxygen atoms in total. The number of hydrogen-bond acceptors (Lipinski definition) is 6. The van der Waals surface area contributed by atoms with Gasteiger partial charge in [0, 0.05) is 25.6 Å². The Morgan fingerprint density at radius 3 is 2.51 bits per heavy atom. The molecule has 1 aliphatic heterocycles. The molecule has 2 aromatic rings. The van der Waals surface area contributed by atoms with Crippen LogP contribution in [-0.2, 0) is 32.0 Å². The predicted molar refractivity (Wildman–Crippen MR) is 136 cm³/mol. The number of carbonyl (C=O) groups is 4. The van der Waals surface area contributed by atoms with Crippen LogP contribution in [0.4, 0.5) is 0 Å². The summed E-state index contributed by atoms with van der Waals surface area (Å²) in [6.45, 7) is 4.11. The molecule has 0 saturated carbocycles. The number of aromatic nitrogens is 2. The van der Waals surface area contributed by atoms with E-state index < -0.39 is 47.9 Å². The van der Waals surface area contributed by atoms with Crippen LogP contribution in [-0.4, -0.2) is 74.4 Å². The highest BCUT2D eigenvalue weighted by Gasteiger charge is 2.39. The number of carboxylic acids is 1. The SMILES string of the molecule is CC[C@H](C)[C@H](N)C(=O)N[C@@H](Cc1c[nH]cn1)C(=O)N1CCC[C@H]1C(=O)N[C@@H](Cc1ccccc1)C(=O)O. The molecule has 5 atom stereocenters. The Kier molecular flexibility index (Phi) is 9.78. The number of carbonyl (C=O) groups excluding carboxylic acids is 3. The van der Waals surface area contributed by atoms with Gasteiger partial charge < -0.3 is 31.4 Å². The number of likely N-dealkylation sites (tertiary alicyclic amines) is 1. The Hall–Kier alpha value is -3.73. The molecule has 1 aromatic heterocycles. The zero-order valence-corrected chi connectivity index (χ0v) is 21.2. The second kappa shape index (κ2) is 13.0. The zero-order chi connectivity index (χ0) is 26.9. The van der Waals surface area contributed by atoms with Crippen molar-refractivity contribution in [3.05, 3.63) is 54.1 Å². The van der Waals surface area contributed by atoms with Crippen molar-refractivity contribution < 1.29 is 24.3 Å². The van der Waals surface area contributed by atoms with Crippen molar-refractivity contribution in [1.29, 1.82) is 0 Å². The predicted octanol–water partition coefficient (Wildman–Crippen LogP) is 0.614. The van der Waals surface area contributed by atoms with Crippen molar-refractivity contribution in [2.75, 3.05) is 6.54 Å². The second-order valence-electron chi connectivity index (χ2n) is 9.52. The van der Waals surface area contributed by atoms with Gasteiger partial charge in [-0.25, -0.2) is 9.78 Å². The number of aliphatic carboxylic acids is 1. The van der Waals surface area contributed by atoms with Crippen LogP contribution in [0.15, 0.2) is 42.9 Å². The van der Waals surface area contributed by atoms with Crippen LogP contribution in [0.1, 0.15) is 44.4 Å².